The van der Waals surface area contributed by atoms with Crippen LogP contribution in [0.5, 0.6) is 0 Å². The minimum atomic E-state index is 0.320. The predicted molar refractivity (Wildman–Crippen MR) is 88.7 cm³/mol. The Bertz CT molecular complexity index is 513. The highest BCUT2D eigenvalue weighted by molar-refractivity contribution is 9.12. The molecule has 2 aromatic heterocycles. The lowest BCUT2D eigenvalue weighted by Crippen LogP contribution is -2.24. The normalized spacial score (nSPS) is 12.6. The van der Waals surface area contributed by atoms with Crippen LogP contribution in [0.4, 0.5) is 0 Å². The molecule has 1 N–H and O–H groups in total. The first-order chi connectivity index (χ1) is 9.20. The van der Waals surface area contributed by atoms with Crippen LogP contribution >= 0.6 is 43.2 Å². The van der Waals surface area contributed by atoms with E-state index in [1.54, 1.807) is 11.3 Å². The van der Waals surface area contributed by atoms with Crippen LogP contribution in [-0.2, 0) is 6.42 Å². The first-order valence-corrected chi connectivity index (χ1v) is 8.68. The number of pyridine rings is 1. The summed E-state index contributed by atoms with van der Waals surface area (Å²) in [6.07, 6.45) is 5.84. The molecule has 19 heavy (non-hydrogen) atoms. The fourth-order valence-corrected chi connectivity index (χ4v) is 4.93. The monoisotopic (exact) mass is 402 g/mol. The molecule has 0 aliphatic heterocycles. The maximum Gasteiger partial charge on any atom is 0.0758 e. The summed E-state index contributed by atoms with van der Waals surface area (Å²) in [6.45, 7) is 3.21. The third-order valence-corrected chi connectivity index (χ3v) is 5.25. The first kappa shape index (κ1) is 15.2. The third-order valence-electron chi connectivity index (χ3n) is 2.86. The van der Waals surface area contributed by atoms with E-state index in [9.17, 15) is 0 Å². The standard InChI is InChI=1S/C14H16Br2N2S/c1-2-5-18-12(7-10-4-3-6-17-9-10)11-8-13(15)19-14(11)16/h3-4,6,8-9,12,18H,2,5,7H2,1H3. The highest BCUT2D eigenvalue weighted by Crippen LogP contribution is 2.36. The zero-order chi connectivity index (χ0) is 13.7. The van der Waals surface area contributed by atoms with E-state index in [4.69, 9.17) is 0 Å². The van der Waals surface area contributed by atoms with Gasteiger partial charge in [0.2, 0.25) is 0 Å². The predicted octanol–water partition coefficient (Wildman–Crippen LogP) is 4.95. The van der Waals surface area contributed by atoms with Gasteiger partial charge in [0.15, 0.2) is 0 Å². The molecule has 0 radical (unpaired) electrons. The molecule has 1 atom stereocenters. The van der Waals surface area contributed by atoms with Crippen molar-refractivity contribution in [3.63, 3.8) is 0 Å². The molecule has 0 aliphatic carbocycles. The van der Waals surface area contributed by atoms with Crippen LogP contribution < -0.4 is 5.32 Å². The molecule has 0 spiro atoms. The van der Waals surface area contributed by atoms with Crippen LogP contribution in [0.3, 0.4) is 0 Å². The molecule has 0 saturated carbocycles. The van der Waals surface area contributed by atoms with Crippen molar-refractivity contribution in [3.8, 4) is 0 Å². The Morgan fingerprint density at radius 3 is 2.84 bits per heavy atom. The lowest BCUT2D eigenvalue weighted by molar-refractivity contribution is 0.528. The second-order valence-electron chi connectivity index (χ2n) is 4.35. The van der Waals surface area contributed by atoms with Gasteiger partial charge in [0.1, 0.15) is 0 Å². The Kier molecular flexibility index (Phi) is 6.01. The average molecular weight is 404 g/mol. The van der Waals surface area contributed by atoms with Crippen molar-refractivity contribution in [1.29, 1.82) is 0 Å². The van der Waals surface area contributed by atoms with Gasteiger partial charge in [0.25, 0.3) is 0 Å². The molecule has 0 bridgehead atoms. The fourth-order valence-electron chi connectivity index (χ4n) is 1.96. The first-order valence-electron chi connectivity index (χ1n) is 6.27. The molecule has 2 aromatic rings. The van der Waals surface area contributed by atoms with Crippen LogP contribution in [-0.4, -0.2) is 11.5 Å². The Labute approximate surface area is 134 Å². The Balaban J connectivity index is 2.18. The van der Waals surface area contributed by atoms with E-state index in [-0.39, 0.29) is 0 Å². The largest absolute Gasteiger partial charge is 0.310 e. The van der Waals surface area contributed by atoms with Crippen molar-refractivity contribution in [2.24, 2.45) is 0 Å². The van der Waals surface area contributed by atoms with Crippen molar-refractivity contribution < 1.29 is 0 Å². The number of aromatic nitrogens is 1. The second kappa shape index (κ2) is 7.53. The SMILES string of the molecule is CCCNC(Cc1cccnc1)c1cc(Br)sc1Br. The summed E-state index contributed by atoms with van der Waals surface area (Å²) in [7, 11) is 0. The van der Waals surface area contributed by atoms with Gasteiger partial charge in [-0.2, -0.15) is 0 Å². The summed E-state index contributed by atoms with van der Waals surface area (Å²) in [6, 6.07) is 6.63. The van der Waals surface area contributed by atoms with E-state index in [0.717, 1.165) is 23.2 Å². The maximum atomic E-state index is 4.19. The third kappa shape index (κ3) is 4.38. The van der Waals surface area contributed by atoms with Crippen LogP contribution in [0.1, 0.15) is 30.5 Å². The summed E-state index contributed by atoms with van der Waals surface area (Å²) >= 11 is 8.93. The number of hydrogen-bond donors (Lipinski definition) is 1. The molecule has 2 rings (SSSR count). The van der Waals surface area contributed by atoms with E-state index in [1.807, 2.05) is 18.5 Å². The highest BCUT2D eigenvalue weighted by Gasteiger charge is 2.17. The van der Waals surface area contributed by atoms with Crippen molar-refractivity contribution in [3.05, 3.63) is 49.3 Å². The summed E-state index contributed by atoms with van der Waals surface area (Å²) in [5, 5.41) is 3.62. The minimum Gasteiger partial charge on any atom is -0.310 e. The van der Waals surface area contributed by atoms with E-state index < -0.39 is 0 Å². The summed E-state index contributed by atoms with van der Waals surface area (Å²) < 4.78 is 2.35. The molecule has 0 amide bonds. The van der Waals surface area contributed by atoms with Gasteiger partial charge in [0, 0.05) is 18.4 Å². The van der Waals surface area contributed by atoms with Gasteiger partial charge in [-0.15, -0.1) is 11.3 Å². The van der Waals surface area contributed by atoms with Crippen LogP contribution in [0.15, 0.2) is 38.2 Å². The Morgan fingerprint density at radius 2 is 2.26 bits per heavy atom. The van der Waals surface area contributed by atoms with Gasteiger partial charge in [-0.25, -0.2) is 0 Å². The number of hydrogen-bond acceptors (Lipinski definition) is 3. The summed E-state index contributed by atoms with van der Waals surface area (Å²) in [4.78, 5) is 4.19. The molecule has 0 fully saturated rings. The van der Waals surface area contributed by atoms with E-state index in [1.165, 1.54) is 14.9 Å². The lowest BCUT2D eigenvalue weighted by atomic mass is 10.0. The van der Waals surface area contributed by atoms with Crippen molar-refractivity contribution >= 4 is 43.2 Å². The average Bonchev–Trinajstić information content (AvgIpc) is 2.75. The molecule has 2 heterocycles. The summed E-state index contributed by atoms with van der Waals surface area (Å²) in [5.74, 6) is 0. The molecular weight excluding hydrogens is 388 g/mol. The molecule has 2 nitrogen and oxygen atoms in total. The summed E-state index contributed by atoms with van der Waals surface area (Å²) in [5.41, 5.74) is 2.57. The molecule has 0 saturated heterocycles. The zero-order valence-electron chi connectivity index (χ0n) is 10.7. The smallest absolute Gasteiger partial charge is 0.0758 e. The topological polar surface area (TPSA) is 24.9 Å². The lowest BCUT2D eigenvalue weighted by Gasteiger charge is -2.18. The maximum absolute atomic E-state index is 4.19. The highest BCUT2D eigenvalue weighted by atomic mass is 79.9. The number of nitrogens with zero attached hydrogens (tertiary/aromatic N) is 1. The minimum absolute atomic E-state index is 0.320. The molecule has 102 valence electrons. The van der Waals surface area contributed by atoms with Crippen molar-refractivity contribution in [2.75, 3.05) is 6.54 Å². The quantitative estimate of drug-likeness (QED) is 0.737. The molecular formula is C14H16Br2N2S. The van der Waals surface area contributed by atoms with Crippen LogP contribution in [0.2, 0.25) is 0 Å². The van der Waals surface area contributed by atoms with Gasteiger partial charge < -0.3 is 5.32 Å². The number of thiophene rings is 1. The van der Waals surface area contributed by atoms with Gasteiger partial charge in [-0.1, -0.05) is 13.0 Å². The Hall–Kier alpha value is -0.230. The van der Waals surface area contributed by atoms with E-state index in [0.29, 0.717) is 6.04 Å². The Morgan fingerprint density at radius 1 is 1.42 bits per heavy atom. The molecule has 1 unspecified atom stereocenters. The van der Waals surface area contributed by atoms with Crippen molar-refractivity contribution in [1.82, 2.24) is 10.3 Å². The number of halogens is 2. The van der Waals surface area contributed by atoms with Crippen LogP contribution in [0, 0.1) is 0 Å². The zero-order valence-corrected chi connectivity index (χ0v) is 14.7. The molecule has 0 aliphatic rings. The van der Waals surface area contributed by atoms with Gasteiger partial charge in [-0.3, -0.25) is 4.98 Å². The van der Waals surface area contributed by atoms with E-state index >= 15 is 0 Å². The van der Waals surface area contributed by atoms with Crippen LogP contribution in [0.25, 0.3) is 0 Å². The van der Waals surface area contributed by atoms with Gasteiger partial charge >= 0.3 is 0 Å². The van der Waals surface area contributed by atoms with Gasteiger partial charge in [-0.05, 0) is 74.5 Å². The fraction of sp³-hybridized carbons (Fsp3) is 0.357. The second-order valence-corrected chi connectivity index (χ2v) is 8.10. The number of nitrogens with one attached hydrogen (secondary N) is 1. The number of rotatable bonds is 6. The molecule has 5 heteroatoms. The molecule has 0 aromatic carbocycles. The van der Waals surface area contributed by atoms with E-state index in [2.05, 4.69) is 61.2 Å². The van der Waals surface area contributed by atoms with Gasteiger partial charge in [0.05, 0.1) is 7.57 Å². The van der Waals surface area contributed by atoms with Crippen molar-refractivity contribution in [2.45, 2.75) is 25.8 Å².